The first-order valence-corrected chi connectivity index (χ1v) is 3.32. The van der Waals surface area contributed by atoms with Crippen LogP contribution in [-0.2, 0) is 0 Å². The minimum Gasteiger partial charge on any atom is -0.0649 e. The Morgan fingerprint density at radius 2 is 1.88 bits per heavy atom. The molecule has 0 aliphatic carbocycles. The zero-order valence-electron chi connectivity index (χ0n) is 6.20. The van der Waals surface area contributed by atoms with E-state index in [4.69, 9.17) is 6.92 Å². The highest BCUT2D eigenvalue weighted by Gasteiger charge is 2.11. The lowest BCUT2D eigenvalue weighted by molar-refractivity contribution is 0.324. The van der Waals surface area contributed by atoms with Crippen molar-refractivity contribution < 1.29 is 0 Å². The molecular formula is C8H16. The summed E-state index contributed by atoms with van der Waals surface area (Å²) in [6, 6.07) is 0. The van der Waals surface area contributed by atoms with Gasteiger partial charge in [0.15, 0.2) is 0 Å². The molecule has 0 aromatic rings. The Balaban J connectivity index is 3.37. The van der Waals surface area contributed by atoms with Crippen molar-refractivity contribution in [3.63, 3.8) is 0 Å². The molecule has 0 amide bonds. The minimum atomic E-state index is 0.467. The van der Waals surface area contributed by atoms with Gasteiger partial charge in [0.05, 0.1) is 0 Å². The van der Waals surface area contributed by atoms with Gasteiger partial charge in [-0.1, -0.05) is 27.2 Å². The molecule has 48 valence electrons. The van der Waals surface area contributed by atoms with E-state index in [0.29, 0.717) is 5.41 Å². The van der Waals surface area contributed by atoms with Gasteiger partial charge in [-0.05, 0) is 25.2 Å². The highest BCUT2D eigenvalue weighted by Crippen LogP contribution is 2.25. The monoisotopic (exact) mass is 112 g/mol. The van der Waals surface area contributed by atoms with E-state index in [0.717, 1.165) is 12.8 Å². The topological polar surface area (TPSA) is 0 Å². The van der Waals surface area contributed by atoms with Gasteiger partial charge in [-0.25, -0.2) is 0 Å². The van der Waals surface area contributed by atoms with Crippen LogP contribution in [0.2, 0.25) is 0 Å². The van der Waals surface area contributed by atoms with Crippen molar-refractivity contribution in [3.05, 3.63) is 6.92 Å². The Hall–Kier alpha value is 0. The summed E-state index contributed by atoms with van der Waals surface area (Å²) in [5, 5.41) is 0. The van der Waals surface area contributed by atoms with Gasteiger partial charge < -0.3 is 0 Å². The van der Waals surface area contributed by atoms with E-state index in [9.17, 15) is 0 Å². The van der Waals surface area contributed by atoms with Gasteiger partial charge in [-0.3, -0.25) is 0 Å². The Morgan fingerprint density at radius 1 is 1.38 bits per heavy atom. The van der Waals surface area contributed by atoms with Gasteiger partial charge in [0.1, 0.15) is 0 Å². The summed E-state index contributed by atoms with van der Waals surface area (Å²) in [7, 11) is 0. The van der Waals surface area contributed by atoms with Crippen molar-refractivity contribution in [3.8, 4) is 0 Å². The molecule has 0 aliphatic rings. The second-order valence-electron chi connectivity index (χ2n) is 3.06. The molecule has 0 bridgehead atoms. The Bertz CT molecular complexity index is 53.1. The van der Waals surface area contributed by atoms with Crippen LogP contribution in [-0.4, -0.2) is 0 Å². The van der Waals surface area contributed by atoms with E-state index in [1.165, 1.54) is 6.42 Å². The maximum absolute atomic E-state index is 5.39. The number of hydrogen-bond acceptors (Lipinski definition) is 0. The highest BCUT2D eigenvalue weighted by atomic mass is 14.2. The largest absolute Gasteiger partial charge is 0.0649 e. The molecule has 0 heteroatoms. The standard InChI is InChI=1S/C8H16/c1-5-7-8(3,4)6-2/h1H,5-7H2,2-4H3. The van der Waals surface area contributed by atoms with Gasteiger partial charge >= 0.3 is 0 Å². The first kappa shape index (κ1) is 8.00. The maximum Gasteiger partial charge on any atom is -0.0352 e. The summed E-state index contributed by atoms with van der Waals surface area (Å²) in [6.45, 7) is 12.1. The Kier molecular flexibility index (Phi) is 3.11. The van der Waals surface area contributed by atoms with E-state index in [-0.39, 0.29) is 0 Å². The average Bonchev–Trinajstić information content (AvgIpc) is 1.67. The molecule has 0 rings (SSSR count). The van der Waals surface area contributed by atoms with Gasteiger partial charge in [0, 0.05) is 0 Å². The third-order valence-electron chi connectivity index (χ3n) is 1.78. The normalized spacial score (nSPS) is 12.0. The van der Waals surface area contributed by atoms with Crippen LogP contribution < -0.4 is 0 Å². The first-order valence-electron chi connectivity index (χ1n) is 3.32. The van der Waals surface area contributed by atoms with Crippen molar-refractivity contribution >= 4 is 0 Å². The third kappa shape index (κ3) is 3.06. The predicted octanol–water partition coefficient (Wildman–Crippen LogP) is 2.91. The smallest absolute Gasteiger partial charge is 0.0352 e. The molecule has 0 N–H and O–H groups in total. The fraction of sp³-hybridized carbons (Fsp3) is 0.875. The molecule has 0 saturated carbocycles. The van der Waals surface area contributed by atoms with Crippen molar-refractivity contribution in [2.45, 2.75) is 40.0 Å². The average molecular weight is 112 g/mol. The fourth-order valence-corrected chi connectivity index (χ4v) is 0.568. The SMILES string of the molecule is [CH]CCC(C)(C)CC. The second-order valence-corrected chi connectivity index (χ2v) is 3.06. The molecule has 0 atom stereocenters. The fourth-order valence-electron chi connectivity index (χ4n) is 0.568. The zero-order valence-corrected chi connectivity index (χ0v) is 6.20. The van der Waals surface area contributed by atoms with Crippen LogP contribution in [0.5, 0.6) is 0 Å². The van der Waals surface area contributed by atoms with Crippen molar-refractivity contribution in [2.75, 3.05) is 0 Å². The summed E-state index contributed by atoms with van der Waals surface area (Å²) in [5.41, 5.74) is 0.467. The zero-order chi connectivity index (χ0) is 6.62. The third-order valence-corrected chi connectivity index (χ3v) is 1.78. The van der Waals surface area contributed by atoms with Crippen LogP contribution in [0.25, 0.3) is 0 Å². The Labute approximate surface area is 53.3 Å². The first-order chi connectivity index (χ1) is 3.62. The molecule has 0 unspecified atom stereocenters. The molecule has 0 spiro atoms. The van der Waals surface area contributed by atoms with E-state index >= 15 is 0 Å². The minimum absolute atomic E-state index is 0.467. The lowest BCUT2D eigenvalue weighted by Crippen LogP contribution is -2.07. The lowest BCUT2D eigenvalue weighted by Gasteiger charge is -2.20. The van der Waals surface area contributed by atoms with E-state index in [1.807, 2.05) is 0 Å². The highest BCUT2D eigenvalue weighted by molar-refractivity contribution is 4.65. The van der Waals surface area contributed by atoms with E-state index in [1.54, 1.807) is 0 Å². The molecule has 0 aliphatic heterocycles. The van der Waals surface area contributed by atoms with Crippen LogP contribution in [0.4, 0.5) is 0 Å². The van der Waals surface area contributed by atoms with Crippen molar-refractivity contribution in [1.29, 1.82) is 0 Å². The van der Waals surface area contributed by atoms with Crippen LogP contribution in [0.1, 0.15) is 40.0 Å². The summed E-state index contributed by atoms with van der Waals surface area (Å²) in [5.74, 6) is 0. The molecule has 0 nitrogen and oxygen atoms in total. The summed E-state index contributed by atoms with van der Waals surface area (Å²) in [4.78, 5) is 0. The van der Waals surface area contributed by atoms with Crippen LogP contribution in [0.15, 0.2) is 0 Å². The Morgan fingerprint density at radius 3 is 2.00 bits per heavy atom. The number of hydrogen-bond donors (Lipinski definition) is 0. The predicted molar refractivity (Wildman–Crippen MR) is 37.6 cm³/mol. The number of rotatable bonds is 3. The van der Waals surface area contributed by atoms with Crippen LogP contribution in [0.3, 0.4) is 0 Å². The van der Waals surface area contributed by atoms with Crippen LogP contribution >= 0.6 is 0 Å². The molecule has 0 saturated heterocycles. The molecule has 8 heavy (non-hydrogen) atoms. The van der Waals surface area contributed by atoms with E-state index in [2.05, 4.69) is 20.8 Å². The van der Waals surface area contributed by atoms with Gasteiger partial charge in [0.25, 0.3) is 0 Å². The molecule has 0 aromatic carbocycles. The van der Waals surface area contributed by atoms with Gasteiger partial charge in [-0.15, -0.1) is 0 Å². The van der Waals surface area contributed by atoms with E-state index < -0.39 is 0 Å². The molecule has 0 aromatic heterocycles. The quantitative estimate of drug-likeness (QED) is 0.526. The van der Waals surface area contributed by atoms with Gasteiger partial charge in [0.2, 0.25) is 0 Å². The summed E-state index contributed by atoms with van der Waals surface area (Å²) >= 11 is 0. The molecule has 0 heterocycles. The summed E-state index contributed by atoms with van der Waals surface area (Å²) in [6.07, 6.45) is 3.19. The van der Waals surface area contributed by atoms with Crippen molar-refractivity contribution in [2.24, 2.45) is 5.41 Å². The molecule has 2 radical (unpaired) electrons. The molecular weight excluding hydrogens is 96.1 g/mol. The van der Waals surface area contributed by atoms with Gasteiger partial charge in [-0.2, -0.15) is 0 Å². The van der Waals surface area contributed by atoms with Crippen LogP contribution in [0, 0.1) is 12.3 Å². The lowest BCUT2D eigenvalue weighted by atomic mass is 9.86. The molecule has 0 fully saturated rings. The maximum atomic E-state index is 5.39. The summed E-state index contributed by atoms with van der Waals surface area (Å²) < 4.78 is 0. The second kappa shape index (κ2) is 3.11. The van der Waals surface area contributed by atoms with Crippen molar-refractivity contribution in [1.82, 2.24) is 0 Å².